The van der Waals surface area contributed by atoms with E-state index in [1.165, 1.54) is 36.0 Å². The van der Waals surface area contributed by atoms with Crippen molar-refractivity contribution in [2.75, 3.05) is 0 Å². The molecule has 0 amide bonds. The van der Waals surface area contributed by atoms with Crippen LogP contribution in [0.15, 0.2) is 48.1 Å². The second-order valence-electron chi connectivity index (χ2n) is 6.37. The molecule has 1 rings (SSSR count). The van der Waals surface area contributed by atoms with Gasteiger partial charge in [0.05, 0.1) is 0 Å². The molecule has 0 saturated heterocycles. The highest BCUT2D eigenvalue weighted by molar-refractivity contribution is 5.26. The summed E-state index contributed by atoms with van der Waals surface area (Å²) in [6.07, 6.45) is 11.8. The van der Waals surface area contributed by atoms with E-state index in [9.17, 15) is 0 Å². The molecule has 2 unspecified atom stereocenters. The van der Waals surface area contributed by atoms with Gasteiger partial charge in [-0.15, -0.1) is 0 Å². The van der Waals surface area contributed by atoms with Crippen LogP contribution in [-0.4, -0.2) is 0 Å². The van der Waals surface area contributed by atoms with Gasteiger partial charge in [-0.3, -0.25) is 0 Å². The van der Waals surface area contributed by atoms with Crippen molar-refractivity contribution in [3.8, 4) is 0 Å². The van der Waals surface area contributed by atoms with E-state index in [4.69, 9.17) is 0 Å². The minimum atomic E-state index is 0.665. The Labute approximate surface area is 132 Å². The van der Waals surface area contributed by atoms with Gasteiger partial charge in [-0.2, -0.15) is 0 Å². The Morgan fingerprint density at radius 1 is 1.10 bits per heavy atom. The number of hydrogen-bond acceptors (Lipinski definition) is 0. The van der Waals surface area contributed by atoms with Gasteiger partial charge in [0.1, 0.15) is 0 Å². The predicted octanol–water partition coefficient (Wildman–Crippen LogP) is 6.50. The number of benzene rings is 1. The molecule has 1 aromatic carbocycles. The van der Waals surface area contributed by atoms with Crippen LogP contribution in [0, 0.1) is 18.8 Å². The van der Waals surface area contributed by atoms with Crippen LogP contribution >= 0.6 is 0 Å². The fourth-order valence-corrected chi connectivity index (χ4v) is 2.51. The summed E-state index contributed by atoms with van der Waals surface area (Å²) in [4.78, 5) is 0. The van der Waals surface area contributed by atoms with E-state index in [0.29, 0.717) is 5.92 Å². The molecule has 2 atom stereocenters. The van der Waals surface area contributed by atoms with Crippen LogP contribution in [0.1, 0.15) is 58.1 Å². The molecule has 0 radical (unpaired) electrons. The van der Waals surface area contributed by atoms with Crippen molar-refractivity contribution >= 4 is 0 Å². The molecule has 0 nitrogen and oxygen atoms in total. The minimum absolute atomic E-state index is 0.665. The highest BCUT2D eigenvalue weighted by atomic mass is 14.1. The van der Waals surface area contributed by atoms with E-state index in [-0.39, 0.29) is 0 Å². The summed E-state index contributed by atoms with van der Waals surface area (Å²) in [6, 6.07) is 8.83. The van der Waals surface area contributed by atoms with E-state index in [1.807, 2.05) is 0 Å². The largest absolute Gasteiger partial charge is 0.0842 e. The quantitative estimate of drug-likeness (QED) is 0.478. The maximum absolute atomic E-state index is 2.36. The van der Waals surface area contributed by atoms with Crippen molar-refractivity contribution in [2.24, 2.45) is 11.8 Å². The third kappa shape index (κ3) is 6.80. The summed E-state index contributed by atoms with van der Waals surface area (Å²) in [6.45, 7) is 11.3. The van der Waals surface area contributed by atoms with Crippen molar-refractivity contribution in [2.45, 2.75) is 60.3 Å². The molecule has 0 N–H and O–H groups in total. The third-order valence-corrected chi connectivity index (χ3v) is 4.48. The van der Waals surface area contributed by atoms with Crippen molar-refractivity contribution in [1.82, 2.24) is 0 Å². The van der Waals surface area contributed by atoms with Gasteiger partial charge in [0, 0.05) is 0 Å². The molecule has 0 heteroatoms. The summed E-state index contributed by atoms with van der Waals surface area (Å²) < 4.78 is 0. The molecule has 0 spiro atoms. The Hall–Kier alpha value is -1.30. The SMILES string of the molecule is C/C=C(\C=C/Cc1ccc(C)cc1)C(C)CCC(C)CC. The van der Waals surface area contributed by atoms with E-state index >= 15 is 0 Å². The van der Waals surface area contributed by atoms with Crippen LogP contribution in [0.3, 0.4) is 0 Å². The number of hydrogen-bond donors (Lipinski definition) is 0. The summed E-state index contributed by atoms with van der Waals surface area (Å²) in [5.74, 6) is 1.51. The van der Waals surface area contributed by atoms with Crippen LogP contribution in [0.4, 0.5) is 0 Å². The van der Waals surface area contributed by atoms with Gasteiger partial charge in [-0.1, -0.05) is 81.7 Å². The highest BCUT2D eigenvalue weighted by Crippen LogP contribution is 2.22. The van der Waals surface area contributed by atoms with Gasteiger partial charge in [0.2, 0.25) is 0 Å². The Kier molecular flexibility index (Phi) is 8.12. The molecule has 0 aromatic heterocycles. The standard InChI is InChI=1S/C21H32/c1-6-17(3)11-14-19(5)21(7-2)10-8-9-20-15-12-18(4)13-16-20/h7-8,10,12-13,15-17,19H,6,9,11,14H2,1-5H3/b10-8-,21-7+. The molecule has 0 aliphatic rings. The second kappa shape index (κ2) is 9.60. The third-order valence-electron chi connectivity index (χ3n) is 4.48. The fourth-order valence-electron chi connectivity index (χ4n) is 2.51. The first kappa shape index (κ1) is 17.8. The first-order chi connectivity index (χ1) is 10.1. The number of allylic oxidation sites excluding steroid dienone is 4. The smallest absolute Gasteiger partial charge is 0.00942 e. The van der Waals surface area contributed by atoms with Gasteiger partial charge < -0.3 is 0 Å². The second-order valence-corrected chi connectivity index (χ2v) is 6.37. The normalized spacial score (nSPS) is 15.4. The van der Waals surface area contributed by atoms with E-state index in [1.54, 1.807) is 0 Å². The van der Waals surface area contributed by atoms with Gasteiger partial charge in [0.15, 0.2) is 0 Å². The average Bonchev–Trinajstić information content (AvgIpc) is 2.50. The summed E-state index contributed by atoms with van der Waals surface area (Å²) in [5.41, 5.74) is 4.19. The van der Waals surface area contributed by atoms with Crippen LogP contribution < -0.4 is 0 Å². The summed E-state index contributed by atoms with van der Waals surface area (Å²) >= 11 is 0. The molecule has 0 aliphatic heterocycles. The lowest BCUT2D eigenvalue weighted by molar-refractivity contribution is 0.453. The van der Waals surface area contributed by atoms with Crippen LogP contribution in [-0.2, 0) is 6.42 Å². The summed E-state index contributed by atoms with van der Waals surface area (Å²) in [7, 11) is 0. The maximum Gasteiger partial charge on any atom is -0.00942 e. The first-order valence-corrected chi connectivity index (χ1v) is 8.45. The zero-order valence-electron chi connectivity index (χ0n) is 14.5. The lowest BCUT2D eigenvalue weighted by atomic mass is 9.90. The van der Waals surface area contributed by atoms with E-state index in [2.05, 4.69) is 77.1 Å². The molecule has 0 fully saturated rings. The lowest BCUT2D eigenvalue weighted by Crippen LogP contribution is -2.01. The van der Waals surface area contributed by atoms with E-state index in [0.717, 1.165) is 12.3 Å². The fraction of sp³-hybridized carbons (Fsp3) is 0.524. The Morgan fingerprint density at radius 3 is 2.33 bits per heavy atom. The number of aryl methyl sites for hydroxylation is 1. The van der Waals surface area contributed by atoms with Crippen LogP contribution in [0.5, 0.6) is 0 Å². The average molecular weight is 284 g/mol. The zero-order valence-corrected chi connectivity index (χ0v) is 14.5. The van der Waals surface area contributed by atoms with Crippen LogP contribution in [0.25, 0.3) is 0 Å². The van der Waals surface area contributed by atoms with Crippen molar-refractivity contribution in [3.63, 3.8) is 0 Å². The van der Waals surface area contributed by atoms with Crippen LogP contribution in [0.2, 0.25) is 0 Å². The molecular weight excluding hydrogens is 252 g/mol. The monoisotopic (exact) mass is 284 g/mol. The molecular formula is C21H32. The molecule has 116 valence electrons. The lowest BCUT2D eigenvalue weighted by Gasteiger charge is -2.15. The van der Waals surface area contributed by atoms with E-state index < -0.39 is 0 Å². The van der Waals surface area contributed by atoms with Gasteiger partial charge in [-0.05, 0) is 49.7 Å². The summed E-state index contributed by atoms with van der Waals surface area (Å²) in [5, 5.41) is 0. The molecule has 0 bridgehead atoms. The number of rotatable bonds is 8. The maximum atomic E-state index is 2.36. The van der Waals surface area contributed by atoms with Crippen molar-refractivity contribution in [3.05, 3.63) is 59.2 Å². The predicted molar refractivity (Wildman–Crippen MR) is 95.6 cm³/mol. The Balaban J connectivity index is 2.49. The van der Waals surface area contributed by atoms with Gasteiger partial charge in [0.25, 0.3) is 0 Å². The molecule has 0 aliphatic carbocycles. The Morgan fingerprint density at radius 2 is 1.76 bits per heavy atom. The molecule has 21 heavy (non-hydrogen) atoms. The first-order valence-electron chi connectivity index (χ1n) is 8.45. The molecule has 1 aromatic rings. The van der Waals surface area contributed by atoms with Gasteiger partial charge in [-0.25, -0.2) is 0 Å². The van der Waals surface area contributed by atoms with Crippen molar-refractivity contribution < 1.29 is 0 Å². The van der Waals surface area contributed by atoms with Crippen molar-refractivity contribution in [1.29, 1.82) is 0 Å². The molecule has 0 saturated carbocycles. The minimum Gasteiger partial charge on any atom is -0.0842 e. The van der Waals surface area contributed by atoms with Gasteiger partial charge >= 0.3 is 0 Å². The highest BCUT2D eigenvalue weighted by Gasteiger charge is 2.07. The zero-order chi connectivity index (χ0) is 15.7. The Bertz CT molecular complexity index is 447. The molecule has 0 heterocycles. The topological polar surface area (TPSA) is 0 Å².